The maximum atomic E-state index is 12.1. The smallest absolute Gasteiger partial charge is 0.272 e. The van der Waals surface area contributed by atoms with Gasteiger partial charge in [0.2, 0.25) is 0 Å². The van der Waals surface area contributed by atoms with Crippen molar-refractivity contribution in [1.82, 2.24) is 9.88 Å². The predicted molar refractivity (Wildman–Crippen MR) is 63.5 cm³/mol. The van der Waals surface area contributed by atoms with E-state index in [4.69, 9.17) is 0 Å². The molecule has 2 rings (SSSR count). The predicted octanol–water partition coefficient (Wildman–Crippen LogP) is 1.75. The largest absolute Gasteiger partial charge is 0.388 e. The maximum absolute atomic E-state index is 12.1. The van der Waals surface area contributed by atoms with Gasteiger partial charge in [0.15, 0.2) is 0 Å². The fourth-order valence-corrected chi connectivity index (χ4v) is 1.96. The van der Waals surface area contributed by atoms with E-state index >= 15 is 0 Å². The first-order valence-electron chi connectivity index (χ1n) is 5.74. The van der Waals surface area contributed by atoms with E-state index < -0.39 is 0 Å². The van der Waals surface area contributed by atoms with Crippen LogP contribution in [0.5, 0.6) is 0 Å². The Hall–Kier alpha value is -1.58. The van der Waals surface area contributed by atoms with Crippen LogP contribution in [0.15, 0.2) is 18.3 Å². The summed E-state index contributed by atoms with van der Waals surface area (Å²) in [6.45, 7) is 1.73. The van der Waals surface area contributed by atoms with Gasteiger partial charge in [0.25, 0.3) is 5.91 Å². The second-order valence-electron chi connectivity index (χ2n) is 4.03. The summed E-state index contributed by atoms with van der Waals surface area (Å²) in [6, 6.07) is 3.66. The minimum Gasteiger partial charge on any atom is -0.388 e. The van der Waals surface area contributed by atoms with E-state index in [2.05, 4.69) is 10.3 Å². The highest BCUT2D eigenvalue weighted by Gasteiger charge is 2.19. The molecule has 2 heterocycles. The molecule has 1 saturated heterocycles. The Balaban J connectivity index is 2.12. The van der Waals surface area contributed by atoms with Gasteiger partial charge < -0.3 is 10.2 Å². The summed E-state index contributed by atoms with van der Waals surface area (Å²) >= 11 is 0. The first-order valence-corrected chi connectivity index (χ1v) is 5.74. The number of pyridine rings is 1. The van der Waals surface area contributed by atoms with E-state index in [-0.39, 0.29) is 5.91 Å². The first kappa shape index (κ1) is 10.9. The number of nitrogens with zero attached hydrogens (tertiary/aromatic N) is 2. The lowest BCUT2D eigenvalue weighted by molar-refractivity contribution is 0.0718. The quantitative estimate of drug-likeness (QED) is 0.824. The topological polar surface area (TPSA) is 45.2 Å². The van der Waals surface area contributed by atoms with Gasteiger partial charge in [0, 0.05) is 32.0 Å². The molecular weight excluding hydrogens is 202 g/mol. The minimum atomic E-state index is 0.0526. The zero-order valence-electron chi connectivity index (χ0n) is 9.57. The number of amides is 1. The van der Waals surface area contributed by atoms with E-state index in [0.717, 1.165) is 31.6 Å². The molecule has 0 radical (unpaired) electrons. The number of anilines is 1. The molecule has 86 valence electrons. The Bertz CT molecular complexity index is 372. The third-order valence-corrected chi connectivity index (χ3v) is 2.91. The second-order valence-corrected chi connectivity index (χ2v) is 4.03. The highest BCUT2D eigenvalue weighted by Crippen LogP contribution is 2.14. The van der Waals surface area contributed by atoms with Crippen molar-refractivity contribution in [3.63, 3.8) is 0 Å². The average Bonchev–Trinajstić information content (AvgIpc) is 2.39. The Morgan fingerprint density at radius 2 is 2.12 bits per heavy atom. The number of likely N-dealkylation sites (tertiary alicyclic amines) is 1. The Morgan fingerprint density at radius 3 is 2.81 bits per heavy atom. The summed E-state index contributed by atoms with van der Waals surface area (Å²) in [5.74, 6) is 0.0526. The van der Waals surface area contributed by atoms with Gasteiger partial charge in [-0.15, -0.1) is 0 Å². The van der Waals surface area contributed by atoms with Crippen LogP contribution in [0.4, 0.5) is 5.69 Å². The SMILES string of the molecule is CNc1ccnc(C(=O)N2CCCCC2)c1. The molecule has 0 unspecified atom stereocenters. The normalized spacial score (nSPS) is 15.9. The molecule has 1 amide bonds. The van der Waals surface area contributed by atoms with Crippen LogP contribution in [-0.4, -0.2) is 35.9 Å². The van der Waals surface area contributed by atoms with Gasteiger partial charge in [-0.1, -0.05) is 0 Å². The number of hydrogen-bond acceptors (Lipinski definition) is 3. The number of nitrogens with one attached hydrogen (secondary N) is 1. The summed E-state index contributed by atoms with van der Waals surface area (Å²) in [6.07, 6.45) is 5.12. The second kappa shape index (κ2) is 4.96. The summed E-state index contributed by atoms with van der Waals surface area (Å²) in [5, 5.41) is 3.01. The van der Waals surface area contributed by atoms with Gasteiger partial charge in [0.1, 0.15) is 5.69 Å². The summed E-state index contributed by atoms with van der Waals surface area (Å²) in [5.41, 5.74) is 1.46. The number of rotatable bonds is 2. The molecule has 1 aliphatic rings. The van der Waals surface area contributed by atoms with Crippen molar-refractivity contribution in [3.05, 3.63) is 24.0 Å². The van der Waals surface area contributed by atoms with E-state index in [0.29, 0.717) is 5.69 Å². The average molecular weight is 219 g/mol. The zero-order chi connectivity index (χ0) is 11.4. The number of aromatic nitrogens is 1. The lowest BCUT2D eigenvalue weighted by Gasteiger charge is -2.26. The van der Waals surface area contributed by atoms with Crippen LogP contribution in [-0.2, 0) is 0 Å². The molecule has 0 aromatic carbocycles. The molecule has 16 heavy (non-hydrogen) atoms. The van der Waals surface area contributed by atoms with Gasteiger partial charge in [-0.05, 0) is 31.4 Å². The molecule has 1 N–H and O–H groups in total. The summed E-state index contributed by atoms with van der Waals surface area (Å²) < 4.78 is 0. The molecule has 0 bridgehead atoms. The minimum absolute atomic E-state index is 0.0526. The zero-order valence-corrected chi connectivity index (χ0v) is 9.57. The lowest BCUT2D eigenvalue weighted by atomic mass is 10.1. The molecular formula is C12H17N3O. The van der Waals surface area contributed by atoms with Crippen molar-refractivity contribution in [3.8, 4) is 0 Å². The Morgan fingerprint density at radius 1 is 1.38 bits per heavy atom. The monoisotopic (exact) mass is 219 g/mol. The van der Waals surface area contributed by atoms with Crippen molar-refractivity contribution < 1.29 is 4.79 Å². The standard InChI is InChI=1S/C12H17N3O/c1-13-10-5-6-14-11(9-10)12(16)15-7-3-2-4-8-15/h5-6,9H,2-4,7-8H2,1H3,(H,13,14). The highest BCUT2D eigenvalue weighted by molar-refractivity contribution is 5.93. The molecule has 0 saturated carbocycles. The van der Waals surface area contributed by atoms with E-state index in [1.165, 1.54) is 6.42 Å². The Labute approximate surface area is 95.7 Å². The van der Waals surface area contributed by atoms with Gasteiger partial charge in [-0.2, -0.15) is 0 Å². The molecule has 1 aromatic rings. The molecule has 1 aromatic heterocycles. The van der Waals surface area contributed by atoms with Gasteiger partial charge in [-0.25, -0.2) is 0 Å². The number of carbonyl (C=O) groups excluding carboxylic acids is 1. The number of hydrogen-bond donors (Lipinski definition) is 1. The van der Waals surface area contributed by atoms with Crippen molar-refractivity contribution >= 4 is 11.6 Å². The van der Waals surface area contributed by atoms with Crippen LogP contribution >= 0.6 is 0 Å². The molecule has 1 aliphatic heterocycles. The van der Waals surface area contributed by atoms with Gasteiger partial charge in [0.05, 0.1) is 0 Å². The van der Waals surface area contributed by atoms with Crippen molar-refractivity contribution in [1.29, 1.82) is 0 Å². The molecule has 4 nitrogen and oxygen atoms in total. The first-order chi connectivity index (χ1) is 7.81. The van der Waals surface area contributed by atoms with Crippen LogP contribution in [0.3, 0.4) is 0 Å². The third kappa shape index (κ3) is 2.32. The molecule has 4 heteroatoms. The van der Waals surface area contributed by atoms with Crippen LogP contribution in [0.25, 0.3) is 0 Å². The van der Waals surface area contributed by atoms with Crippen LogP contribution in [0, 0.1) is 0 Å². The molecule has 0 spiro atoms. The fourth-order valence-electron chi connectivity index (χ4n) is 1.96. The van der Waals surface area contributed by atoms with E-state index in [1.807, 2.05) is 18.0 Å². The molecule has 1 fully saturated rings. The van der Waals surface area contributed by atoms with E-state index in [9.17, 15) is 4.79 Å². The van der Waals surface area contributed by atoms with Crippen molar-refractivity contribution in [2.75, 3.05) is 25.5 Å². The van der Waals surface area contributed by atoms with Crippen LogP contribution in [0.1, 0.15) is 29.8 Å². The number of piperidine rings is 1. The van der Waals surface area contributed by atoms with Gasteiger partial charge >= 0.3 is 0 Å². The maximum Gasteiger partial charge on any atom is 0.272 e. The van der Waals surface area contributed by atoms with Crippen LogP contribution in [0.2, 0.25) is 0 Å². The number of carbonyl (C=O) groups is 1. The third-order valence-electron chi connectivity index (χ3n) is 2.91. The summed E-state index contributed by atoms with van der Waals surface area (Å²) in [7, 11) is 1.84. The molecule has 0 atom stereocenters. The summed E-state index contributed by atoms with van der Waals surface area (Å²) in [4.78, 5) is 18.1. The van der Waals surface area contributed by atoms with Crippen LogP contribution < -0.4 is 5.32 Å². The van der Waals surface area contributed by atoms with Crippen molar-refractivity contribution in [2.24, 2.45) is 0 Å². The highest BCUT2D eigenvalue weighted by atomic mass is 16.2. The van der Waals surface area contributed by atoms with Crippen molar-refractivity contribution in [2.45, 2.75) is 19.3 Å². The molecule has 0 aliphatic carbocycles. The Kier molecular flexibility index (Phi) is 3.39. The van der Waals surface area contributed by atoms with Gasteiger partial charge in [-0.3, -0.25) is 9.78 Å². The lowest BCUT2D eigenvalue weighted by Crippen LogP contribution is -2.36. The van der Waals surface area contributed by atoms with E-state index in [1.54, 1.807) is 12.3 Å². The fraction of sp³-hybridized carbons (Fsp3) is 0.500.